The first kappa shape index (κ1) is 49.7. The molecule has 4 aromatic rings. The van der Waals surface area contributed by atoms with Crippen molar-refractivity contribution in [2.45, 2.75) is 110 Å². The van der Waals surface area contributed by atoms with Crippen LogP contribution in [0.4, 0.5) is 10.5 Å². The second-order valence-corrected chi connectivity index (χ2v) is 17.9. The van der Waals surface area contributed by atoms with Crippen molar-refractivity contribution in [1.29, 1.82) is 5.41 Å². The molecule has 20 nitrogen and oxygen atoms in total. The molecule has 3 atom stereocenters. The van der Waals surface area contributed by atoms with Gasteiger partial charge in [0.25, 0.3) is 5.56 Å². The van der Waals surface area contributed by atoms with Gasteiger partial charge in [-0.3, -0.25) is 29.4 Å². The topological polar surface area (TPSA) is 281 Å². The number of carbonyl (C=O) groups is 6. The molecule has 0 bridgehead atoms. The number of ether oxygens (including phenoxy) is 5. The zero-order valence-corrected chi connectivity index (χ0v) is 39.6. The molecule has 3 amide bonds. The number of benzene rings is 2. The second kappa shape index (κ2) is 21.0. The predicted molar refractivity (Wildman–Crippen MR) is 251 cm³/mol. The summed E-state index contributed by atoms with van der Waals surface area (Å²) in [5.41, 5.74) is 7.02. The minimum atomic E-state index is -2.03. The SMILES string of the molecule is CC[C@@]1(OC(=O)OCc2ccc(NC(=O)[C@H](CCCNC(=N)N)NC(=O)[C@@H](NC(=O)CCC(=O)C(C)C)C(C)C)cc2)C(=O)OCc2c1cc1n(c2=O)Cc2c-1nc1cc3c(cc1c2CCl)OCO3. The van der Waals surface area contributed by atoms with Crippen molar-refractivity contribution in [2.75, 3.05) is 18.7 Å². The number of aromatic nitrogens is 2. The van der Waals surface area contributed by atoms with Crippen molar-refractivity contribution in [2.24, 2.45) is 17.6 Å². The van der Waals surface area contributed by atoms with Gasteiger partial charge in [0.1, 0.15) is 31.1 Å². The molecule has 0 spiro atoms. The maximum absolute atomic E-state index is 14.2. The van der Waals surface area contributed by atoms with Crippen LogP contribution in [0.1, 0.15) is 94.5 Å². The molecule has 3 aliphatic rings. The van der Waals surface area contributed by atoms with Gasteiger partial charge in [-0.25, -0.2) is 14.6 Å². The summed E-state index contributed by atoms with van der Waals surface area (Å²) >= 11 is 6.52. The van der Waals surface area contributed by atoms with Crippen LogP contribution in [-0.4, -0.2) is 76.6 Å². The Morgan fingerprint density at radius 1 is 0.957 bits per heavy atom. The number of rotatable bonds is 19. The van der Waals surface area contributed by atoms with Gasteiger partial charge in [0.2, 0.25) is 30.1 Å². The quantitative estimate of drug-likeness (QED) is 0.0214. The first-order chi connectivity index (χ1) is 32.9. The van der Waals surface area contributed by atoms with E-state index in [4.69, 9.17) is 51.4 Å². The van der Waals surface area contributed by atoms with Crippen LogP contribution in [0.5, 0.6) is 11.5 Å². The molecule has 7 N–H and O–H groups in total. The Balaban J connectivity index is 1.02. The lowest BCUT2D eigenvalue weighted by Crippen LogP contribution is -2.54. The third-order valence-electron chi connectivity index (χ3n) is 12.4. The third-order valence-corrected chi connectivity index (χ3v) is 12.6. The van der Waals surface area contributed by atoms with E-state index in [0.717, 1.165) is 16.5 Å². The third kappa shape index (κ3) is 10.6. The molecular weight excluding hydrogens is 916 g/mol. The number of nitrogens with one attached hydrogen (secondary N) is 5. The van der Waals surface area contributed by atoms with E-state index in [2.05, 4.69) is 21.3 Å². The molecule has 0 radical (unpaired) electrons. The van der Waals surface area contributed by atoms with E-state index in [0.29, 0.717) is 46.1 Å². The zero-order chi connectivity index (χ0) is 49.7. The molecule has 3 aliphatic heterocycles. The largest absolute Gasteiger partial charge is 0.510 e. The number of esters is 1. The van der Waals surface area contributed by atoms with Crippen molar-refractivity contribution in [1.82, 2.24) is 25.5 Å². The Hall–Kier alpha value is -7.22. The number of nitrogens with two attached hydrogens (primary N) is 1. The number of anilines is 1. The molecule has 366 valence electrons. The Kier molecular flexibility index (Phi) is 15.1. The van der Waals surface area contributed by atoms with Crippen LogP contribution in [0.3, 0.4) is 0 Å². The number of hydrogen-bond donors (Lipinski definition) is 6. The standard InChI is InChI=1S/C48H55ClN8O12/c1-6-48(32-17-35-41-30(20-57(35)44(62)31(32)22-65-45(48)63)29(19-49)28-16-37-38(68-23-67-37)18-34(28)54-41)69-47(64)66-21-26-9-11-27(12-10-26)53-42(60)33(8-7-15-52-46(50)51)55-43(61)40(25(4)5)56-39(59)14-13-36(58)24(2)3/h9-12,16-18,24-25,33,40H,6-8,13-15,19-23H2,1-5H3,(H,53,60)(H,55,61)(H,56,59)(H4,50,51,52)/t33-,40-,48-/m0/s1. The number of nitrogens with zero attached hydrogens (tertiary/aromatic N) is 2. The fourth-order valence-corrected chi connectivity index (χ4v) is 8.76. The van der Waals surface area contributed by atoms with Crippen LogP contribution in [0.15, 0.2) is 47.3 Å². The normalized spacial score (nSPS) is 16.1. The maximum Gasteiger partial charge on any atom is 0.510 e. The average molecular weight is 971 g/mol. The van der Waals surface area contributed by atoms with Gasteiger partial charge >= 0.3 is 12.1 Å². The molecule has 2 aromatic heterocycles. The number of Topliss-reactive ketones (excluding diaryl/α,β-unsaturated/α-hetero) is 1. The van der Waals surface area contributed by atoms with Gasteiger partial charge in [-0.15, -0.1) is 11.6 Å². The van der Waals surface area contributed by atoms with Crippen molar-refractivity contribution in [3.05, 3.63) is 80.6 Å². The van der Waals surface area contributed by atoms with Gasteiger partial charge in [0, 0.05) is 59.5 Å². The average Bonchev–Trinajstić information content (AvgIpc) is 3.94. The maximum atomic E-state index is 14.2. The number of carbonyl (C=O) groups excluding carboxylic acids is 6. The Labute approximate surface area is 401 Å². The Morgan fingerprint density at radius 2 is 1.68 bits per heavy atom. The number of pyridine rings is 2. The van der Waals surface area contributed by atoms with E-state index in [-0.39, 0.29) is 99.4 Å². The Morgan fingerprint density at radius 3 is 2.35 bits per heavy atom. The number of alkyl halides is 1. The summed E-state index contributed by atoms with van der Waals surface area (Å²) in [5.74, 6) is -2.21. The number of fused-ring (bicyclic) bond motifs is 6. The highest BCUT2D eigenvalue weighted by Crippen LogP contribution is 2.44. The van der Waals surface area contributed by atoms with Crippen LogP contribution >= 0.6 is 11.6 Å². The van der Waals surface area contributed by atoms with Gasteiger partial charge < -0.3 is 55.3 Å². The molecule has 0 aliphatic carbocycles. The van der Waals surface area contributed by atoms with Crippen LogP contribution in [-0.2, 0) is 69.4 Å². The first-order valence-electron chi connectivity index (χ1n) is 22.7. The van der Waals surface area contributed by atoms with Gasteiger partial charge in [-0.05, 0) is 60.6 Å². The fourth-order valence-electron chi connectivity index (χ4n) is 8.46. The summed E-state index contributed by atoms with van der Waals surface area (Å²) in [7, 11) is 0. The highest BCUT2D eigenvalue weighted by molar-refractivity contribution is 6.18. The van der Waals surface area contributed by atoms with Crippen LogP contribution < -0.4 is 42.0 Å². The summed E-state index contributed by atoms with van der Waals surface area (Å²) < 4.78 is 29.5. The number of cyclic esters (lactones) is 1. The summed E-state index contributed by atoms with van der Waals surface area (Å²) in [5, 5.41) is 19.1. The molecule has 2 aromatic carbocycles. The molecule has 0 saturated heterocycles. The monoisotopic (exact) mass is 970 g/mol. The van der Waals surface area contributed by atoms with Gasteiger partial charge in [-0.1, -0.05) is 46.8 Å². The van der Waals surface area contributed by atoms with Crippen LogP contribution in [0.25, 0.3) is 22.3 Å². The number of halogens is 1. The molecule has 69 heavy (non-hydrogen) atoms. The van der Waals surface area contributed by atoms with Crippen LogP contribution in [0.2, 0.25) is 0 Å². The van der Waals surface area contributed by atoms with E-state index >= 15 is 0 Å². The minimum absolute atomic E-state index is 0.0363. The van der Waals surface area contributed by atoms with E-state index in [9.17, 15) is 33.6 Å². The predicted octanol–water partition coefficient (Wildman–Crippen LogP) is 4.74. The fraction of sp³-hybridized carbons (Fsp3) is 0.438. The summed E-state index contributed by atoms with van der Waals surface area (Å²) in [4.78, 5) is 98.2. The van der Waals surface area contributed by atoms with E-state index in [1.807, 2.05) is 6.07 Å². The van der Waals surface area contributed by atoms with E-state index < -0.39 is 53.1 Å². The molecule has 5 heterocycles. The second-order valence-electron chi connectivity index (χ2n) is 17.6. The van der Waals surface area contributed by atoms with Gasteiger partial charge in [0.05, 0.1) is 29.0 Å². The van der Waals surface area contributed by atoms with Crippen molar-refractivity contribution >= 4 is 69.8 Å². The van der Waals surface area contributed by atoms with Crippen molar-refractivity contribution in [3.8, 4) is 22.9 Å². The molecule has 0 saturated carbocycles. The van der Waals surface area contributed by atoms with Crippen molar-refractivity contribution in [3.63, 3.8) is 0 Å². The van der Waals surface area contributed by atoms with Crippen molar-refractivity contribution < 1.29 is 52.5 Å². The zero-order valence-electron chi connectivity index (χ0n) is 38.9. The first-order valence-corrected chi connectivity index (χ1v) is 23.2. The van der Waals surface area contributed by atoms with Gasteiger partial charge in [-0.2, -0.15) is 0 Å². The lowest BCUT2D eigenvalue weighted by molar-refractivity contribution is -0.175. The van der Waals surface area contributed by atoms with Gasteiger partial charge in [0.15, 0.2) is 17.5 Å². The summed E-state index contributed by atoms with van der Waals surface area (Å²) in [6.07, 6.45) is -0.861. The Bertz CT molecular complexity index is 2780. The lowest BCUT2D eigenvalue weighted by Gasteiger charge is -2.35. The molecule has 7 rings (SSSR count). The number of guanidine groups is 1. The molecule has 21 heteroatoms. The molecule has 0 fully saturated rings. The number of amides is 3. The summed E-state index contributed by atoms with van der Waals surface area (Å²) in [6.45, 7) is 8.44. The number of ketones is 1. The molecule has 0 unspecified atom stereocenters. The highest BCUT2D eigenvalue weighted by atomic mass is 35.5. The smallest absolute Gasteiger partial charge is 0.457 e. The van der Waals surface area contributed by atoms with E-state index in [1.54, 1.807) is 71.0 Å². The molecular formula is C48H55ClN8O12. The van der Waals surface area contributed by atoms with E-state index in [1.165, 1.54) is 4.57 Å². The minimum Gasteiger partial charge on any atom is -0.457 e. The highest BCUT2D eigenvalue weighted by Gasteiger charge is 2.51. The summed E-state index contributed by atoms with van der Waals surface area (Å²) in [6, 6.07) is 9.43. The lowest BCUT2D eigenvalue weighted by atomic mass is 9.85. The van der Waals surface area contributed by atoms with Crippen LogP contribution in [0, 0.1) is 17.2 Å². The number of hydrogen-bond acceptors (Lipinski definition) is 14.